The van der Waals surface area contributed by atoms with Crippen LogP contribution in [0.1, 0.15) is 16.1 Å². The van der Waals surface area contributed by atoms with Crippen molar-refractivity contribution in [2.24, 2.45) is 0 Å². The number of alkyl halides is 3. The first-order chi connectivity index (χ1) is 14.6. The Labute approximate surface area is 175 Å². The number of carbonyl (C=O) groups is 1. The van der Waals surface area contributed by atoms with Gasteiger partial charge in [0.2, 0.25) is 10.0 Å². The first-order valence-corrected chi connectivity index (χ1v) is 10.2. The highest BCUT2D eigenvalue weighted by Gasteiger charge is 2.35. The number of aromatic nitrogens is 2. The topological polar surface area (TPSA) is 93.1 Å². The van der Waals surface area contributed by atoms with Gasteiger partial charge in [-0.05, 0) is 48.5 Å². The van der Waals surface area contributed by atoms with Gasteiger partial charge in [-0.1, -0.05) is 12.0 Å². The summed E-state index contributed by atoms with van der Waals surface area (Å²) in [4.78, 5) is 12.3. The average Bonchev–Trinajstić information content (AvgIpc) is 3.23. The third kappa shape index (κ3) is 5.11. The van der Waals surface area contributed by atoms with Crippen LogP contribution in [-0.2, 0) is 16.2 Å². The molecule has 0 spiro atoms. The highest BCUT2D eigenvalue weighted by Crippen LogP contribution is 2.30. The van der Waals surface area contributed by atoms with E-state index in [1.54, 1.807) is 0 Å². The van der Waals surface area contributed by atoms with E-state index in [9.17, 15) is 26.4 Å². The zero-order valence-electron chi connectivity index (χ0n) is 15.7. The van der Waals surface area contributed by atoms with Gasteiger partial charge >= 0.3 is 6.18 Å². The Morgan fingerprint density at radius 3 is 2.48 bits per heavy atom. The summed E-state index contributed by atoms with van der Waals surface area (Å²) in [6.45, 7) is -0.197. The lowest BCUT2D eigenvalue weighted by Gasteiger charge is -2.11. The number of nitrogens with zero attached hydrogens (tertiary/aromatic N) is 2. The largest absolute Gasteiger partial charge is 0.433 e. The Morgan fingerprint density at radius 2 is 1.84 bits per heavy atom. The fraction of sp³-hybridized carbons (Fsp3) is 0.100. The van der Waals surface area contributed by atoms with E-state index < -0.39 is 27.8 Å². The van der Waals surface area contributed by atoms with Crippen LogP contribution in [0.5, 0.6) is 0 Å². The molecule has 0 aliphatic rings. The quantitative estimate of drug-likeness (QED) is 0.567. The Balaban J connectivity index is 1.77. The standard InChI is InChI=1S/C20H15F3N4O3S/c1-2-11-25-31(29,30)17-5-3-4-14(13-17)19(28)26-15-6-8-16(9-7-15)27-18(10-12-24-27)20(21,22)23/h1,3-10,12-13,25H,11H2,(H,26,28). The minimum absolute atomic E-state index is 0.0686. The van der Waals surface area contributed by atoms with Crippen LogP contribution in [0, 0.1) is 12.3 Å². The fourth-order valence-electron chi connectivity index (χ4n) is 2.64. The van der Waals surface area contributed by atoms with E-state index in [-0.39, 0.29) is 22.7 Å². The van der Waals surface area contributed by atoms with Gasteiger partial charge in [-0.25, -0.2) is 13.1 Å². The van der Waals surface area contributed by atoms with E-state index in [0.29, 0.717) is 5.69 Å². The number of rotatable bonds is 6. The summed E-state index contributed by atoms with van der Waals surface area (Å²) in [7, 11) is -3.87. The lowest BCUT2D eigenvalue weighted by molar-refractivity contribution is -0.142. The van der Waals surface area contributed by atoms with Crippen molar-refractivity contribution in [2.45, 2.75) is 11.1 Å². The average molecular weight is 448 g/mol. The predicted molar refractivity (Wildman–Crippen MR) is 107 cm³/mol. The first kappa shape index (κ1) is 22.1. The number of nitrogens with one attached hydrogen (secondary N) is 2. The zero-order valence-corrected chi connectivity index (χ0v) is 16.5. The summed E-state index contributed by atoms with van der Waals surface area (Å²) >= 11 is 0. The van der Waals surface area contributed by atoms with Gasteiger partial charge in [0, 0.05) is 11.3 Å². The van der Waals surface area contributed by atoms with Crippen LogP contribution in [-0.4, -0.2) is 30.7 Å². The third-order valence-electron chi connectivity index (χ3n) is 4.07. The summed E-state index contributed by atoms with van der Waals surface area (Å²) in [5.74, 6) is 1.55. The highest BCUT2D eigenvalue weighted by atomic mass is 32.2. The molecular weight excluding hydrogens is 433 g/mol. The fourth-order valence-corrected chi connectivity index (χ4v) is 3.62. The Hall–Kier alpha value is -3.62. The SMILES string of the molecule is C#CCNS(=O)(=O)c1cccc(C(=O)Nc2ccc(-n3nccc3C(F)(F)F)cc2)c1. The van der Waals surface area contributed by atoms with Gasteiger partial charge < -0.3 is 5.32 Å². The van der Waals surface area contributed by atoms with E-state index in [1.807, 2.05) is 0 Å². The van der Waals surface area contributed by atoms with E-state index in [4.69, 9.17) is 6.42 Å². The van der Waals surface area contributed by atoms with Crippen molar-refractivity contribution in [3.63, 3.8) is 0 Å². The summed E-state index contributed by atoms with van der Waals surface area (Å²) in [5.41, 5.74) is -0.406. The van der Waals surface area contributed by atoms with Crippen molar-refractivity contribution in [3.8, 4) is 18.0 Å². The van der Waals surface area contributed by atoms with Crippen LogP contribution in [0.4, 0.5) is 18.9 Å². The molecule has 3 rings (SSSR count). The van der Waals surface area contributed by atoms with Gasteiger partial charge in [0.25, 0.3) is 5.91 Å². The maximum atomic E-state index is 13.0. The van der Waals surface area contributed by atoms with Crippen molar-refractivity contribution in [3.05, 3.63) is 72.1 Å². The van der Waals surface area contributed by atoms with E-state index in [2.05, 4.69) is 21.1 Å². The molecule has 0 unspecified atom stereocenters. The van der Waals surface area contributed by atoms with Crippen LogP contribution in [0.15, 0.2) is 65.7 Å². The molecule has 3 aromatic rings. The minimum atomic E-state index is -4.57. The highest BCUT2D eigenvalue weighted by molar-refractivity contribution is 7.89. The molecule has 0 saturated heterocycles. The molecule has 11 heteroatoms. The molecule has 1 amide bonds. The molecule has 31 heavy (non-hydrogen) atoms. The molecule has 0 saturated carbocycles. The van der Waals surface area contributed by atoms with Gasteiger partial charge in [0.1, 0.15) is 5.69 Å². The van der Waals surface area contributed by atoms with Crippen molar-refractivity contribution < 1.29 is 26.4 Å². The number of hydrogen-bond donors (Lipinski definition) is 2. The maximum Gasteiger partial charge on any atom is 0.433 e. The molecule has 1 heterocycles. The maximum absolute atomic E-state index is 13.0. The molecule has 0 fully saturated rings. The molecule has 2 aromatic carbocycles. The number of benzene rings is 2. The summed E-state index contributed by atoms with van der Waals surface area (Å²) in [5, 5.41) is 6.24. The Morgan fingerprint density at radius 1 is 1.13 bits per heavy atom. The van der Waals surface area contributed by atoms with Gasteiger partial charge in [0.05, 0.1) is 23.3 Å². The number of hydrogen-bond acceptors (Lipinski definition) is 4. The van der Waals surface area contributed by atoms with Crippen LogP contribution >= 0.6 is 0 Å². The van der Waals surface area contributed by atoms with Crippen molar-refractivity contribution >= 4 is 21.6 Å². The summed E-state index contributed by atoms with van der Waals surface area (Å²) in [6, 6.07) is 11.7. The molecule has 160 valence electrons. The van der Waals surface area contributed by atoms with Crippen LogP contribution < -0.4 is 10.0 Å². The number of terminal acetylenes is 1. The van der Waals surface area contributed by atoms with E-state index in [1.165, 1.54) is 48.5 Å². The second-order valence-electron chi connectivity index (χ2n) is 6.18. The van der Waals surface area contributed by atoms with Gasteiger partial charge in [-0.15, -0.1) is 6.42 Å². The number of amides is 1. The number of halogens is 3. The van der Waals surface area contributed by atoms with E-state index in [0.717, 1.165) is 16.9 Å². The van der Waals surface area contributed by atoms with Gasteiger partial charge in [0.15, 0.2) is 0 Å². The number of carbonyl (C=O) groups excluding carboxylic acids is 1. The Kier molecular flexibility index (Phi) is 6.14. The minimum Gasteiger partial charge on any atom is -0.322 e. The lowest BCUT2D eigenvalue weighted by Crippen LogP contribution is -2.24. The normalized spacial score (nSPS) is 11.7. The summed E-state index contributed by atoms with van der Waals surface area (Å²) < 4.78 is 66.3. The molecular formula is C20H15F3N4O3S. The molecule has 0 aliphatic heterocycles. The first-order valence-electron chi connectivity index (χ1n) is 8.68. The van der Waals surface area contributed by atoms with Crippen molar-refractivity contribution in [1.82, 2.24) is 14.5 Å². The van der Waals surface area contributed by atoms with Crippen molar-refractivity contribution in [2.75, 3.05) is 11.9 Å². The summed E-state index contributed by atoms with van der Waals surface area (Å²) in [6.07, 6.45) is 1.52. The lowest BCUT2D eigenvalue weighted by atomic mass is 10.2. The van der Waals surface area contributed by atoms with Crippen LogP contribution in [0.25, 0.3) is 5.69 Å². The molecule has 0 radical (unpaired) electrons. The Bertz CT molecular complexity index is 1240. The van der Waals surface area contributed by atoms with Crippen molar-refractivity contribution in [1.29, 1.82) is 0 Å². The smallest absolute Gasteiger partial charge is 0.322 e. The number of sulfonamides is 1. The predicted octanol–water partition coefficient (Wildman–Crippen LogP) is 3.05. The molecule has 1 aromatic heterocycles. The van der Waals surface area contributed by atoms with Crippen LogP contribution in [0.3, 0.4) is 0 Å². The molecule has 0 atom stereocenters. The van der Waals surface area contributed by atoms with E-state index >= 15 is 0 Å². The molecule has 0 bridgehead atoms. The molecule has 7 nitrogen and oxygen atoms in total. The zero-order chi connectivity index (χ0) is 22.6. The van der Waals surface area contributed by atoms with Gasteiger partial charge in [-0.3, -0.25) is 4.79 Å². The van der Waals surface area contributed by atoms with Crippen LogP contribution in [0.2, 0.25) is 0 Å². The molecule has 0 aliphatic carbocycles. The second kappa shape index (κ2) is 8.63. The monoisotopic (exact) mass is 448 g/mol. The third-order valence-corrected chi connectivity index (χ3v) is 5.47. The van der Waals surface area contributed by atoms with Gasteiger partial charge in [-0.2, -0.15) is 23.0 Å². The second-order valence-corrected chi connectivity index (χ2v) is 7.95. The number of anilines is 1. The molecule has 2 N–H and O–H groups in total.